The molecule has 3 N–H and O–H groups in total. The van der Waals surface area contributed by atoms with Gasteiger partial charge in [-0.05, 0) is 35.9 Å². The maximum atomic E-state index is 12.8. The summed E-state index contributed by atoms with van der Waals surface area (Å²) in [5.41, 5.74) is 7.30. The van der Waals surface area contributed by atoms with E-state index in [0.717, 1.165) is 0 Å². The zero-order valence-corrected chi connectivity index (χ0v) is 9.66. The summed E-state index contributed by atoms with van der Waals surface area (Å²) in [4.78, 5) is 0. The zero-order valence-electron chi connectivity index (χ0n) is 8.90. The highest BCUT2D eigenvalue weighted by molar-refractivity contribution is 6.30. The molecule has 0 saturated carbocycles. The molecule has 2 rings (SSSR count). The van der Waals surface area contributed by atoms with Gasteiger partial charge >= 0.3 is 0 Å². The largest absolute Gasteiger partial charge is 0.398 e. The smallest absolute Gasteiger partial charge is 0.123 e. The second-order valence-corrected chi connectivity index (χ2v) is 4.16. The van der Waals surface area contributed by atoms with Gasteiger partial charge in [0.05, 0.1) is 0 Å². The second-order valence-electron chi connectivity index (χ2n) is 3.73. The van der Waals surface area contributed by atoms with Gasteiger partial charge in [0.15, 0.2) is 0 Å². The average Bonchev–Trinajstić information content (AvgIpc) is 2.32. The highest BCUT2D eigenvalue weighted by atomic mass is 35.5. The van der Waals surface area contributed by atoms with Crippen LogP contribution < -0.4 is 5.73 Å². The number of benzene rings is 2. The van der Waals surface area contributed by atoms with E-state index in [1.54, 1.807) is 18.2 Å². The van der Waals surface area contributed by atoms with Crippen LogP contribution >= 0.6 is 11.6 Å². The Hall–Kier alpha value is -1.58. The molecule has 0 aliphatic heterocycles. The van der Waals surface area contributed by atoms with Crippen LogP contribution in [-0.2, 0) is 0 Å². The van der Waals surface area contributed by atoms with Gasteiger partial charge in [-0.3, -0.25) is 0 Å². The number of hydrogen-bond donors (Lipinski definition) is 2. The molecule has 2 aromatic carbocycles. The summed E-state index contributed by atoms with van der Waals surface area (Å²) in [7, 11) is 0. The third-order valence-corrected chi connectivity index (χ3v) is 2.76. The van der Waals surface area contributed by atoms with Gasteiger partial charge in [-0.2, -0.15) is 0 Å². The van der Waals surface area contributed by atoms with Crippen molar-refractivity contribution in [2.75, 3.05) is 5.73 Å². The molecule has 0 fully saturated rings. The molecule has 0 aromatic heterocycles. The van der Waals surface area contributed by atoms with Crippen molar-refractivity contribution in [1.82, 2.24) is 0 Å². The van der Waals surface area contributed by atoms with Crippen LogP contribution in [0.3, 0.4) is 0 Å². The Balaban J connectivity index is 2.39. The predicted molar refractivity (Wildman–Crippen MR) is 66.3 cm³/mol. The number of aliphatic hydroxyl groups is 1. The molecule has 0 heterocycles. The Bertz CT molecular complexity index is 527. The van der Waals surface area contributed by atoms with Crippen LogP contribution in [0.1, 0.15) is 17.2 Å². The first-order valence-electron chi connectivity index (χ1n) is 5.06. The van der Waals surface area contributed by atoms with Crippen molar-refractivity contribution >= 4 is 17.3 Å². The minimum Gasteiger partial charge on any atom is -0.398 e. The van der Waals surface area contributed by atoms with E-state index in [9.17, 15) is 9.50 Å². The predicted octanol–water partition coefficient (Wildman–Crippen LogP) is 3.14. The molecule has 4 heteroatoms. The summed E-state index contributed by atoms with van der Waals surface area (Å²) in [6.45, 7) is 0. The number of nitrogen functional groups attached to an aromatic ring is 1. The summed E-state index contributed by atoms with van der Waals surface area (Å²) in [5.74, 6) is -0.347. The molecule has 88 valence electrons. The third-order valence-electron chi connectivity index (χ3n) is 2.53. The molecular weight excluding hydrogens is 241 g/mol. The SMILES string of the molecule is Nc1ccc(Cl)cc1[C@@H](O)c1ccc(F)cc1. The van der Waals surface area contributed by atoms with Gasteiger partial charge in [-0.1, -0.05) is 23.7 Å². The third kappa shape index (κ3) is 2.57. The van der Waals surface area contributed by atoms with Crippen molar-refractivity contribution in [2.24, 2.45) is 0 Å². The monoisotopic (exact) mass is 251 g/mol. The van der Waals surface area contributed by atoms with E-state index in [2.05, 4.69) is 0 Å². The number of anilines is 1. The summed E-state index contributed by atoms with van der Waals surface area (Å²) >= 11 is 5.85. The van der Waals surface area contributed by atoms with Crippen LogP contribution in [0.2, 0.25) is 5.02 Å². The van der Waals surface area contributed by atoms with E-state index >= 15 is 0 Å². The fourth-order valence-electron chi connectivity index (χ4n) is 1.61. The fraction of sp³-hybridized carbons (Fsp3) is 0.0769. The van der Waals surface area contributed by atoms with Crippen molar-refractivity contribution in [3.63, 3.8) is 0 Å². The minimum atomic E-state index is -0.908. The van der Waals surface area contributed by atoms with E-state index in [1.807, 2.05) is 0 Å². The average molecular weight is 252 g/mol. The van der Waals surface area contributed by atoms with Gasteiger partial charge in [0.2, 0.25) is 0 Å². The molecule has 0 bridgehead atoms. The van der Waals surface area contributed by atoms with Gasteiger partial charge < -0.3 is 10.8 Å². The van der Waals surface area contributed by atoms with E-state index in [4.69, 9.17) is 17.3 Å². The Morgan fingerprint density at radius 1 is 1.12 bits per heavy atom. The maximum Gasteiger partial charge on any atom is 0.123 e. The van der Waals surface area contributed by atoms with Crippen LogP contribution in [0.25, 0.3) is 0 Å². The van der Waals surface area contributed by atoms with Gasteiger partial charge in [0.1, 0.15) is 11.9 Å². The summed E-state index contributed by atoms with van der Waals surface area (Å²) in [5, 5.41) is 10.6. The summed E-state index contributed by atoms with van der Waals surface area (Å²) in [6.07, 6.45) is -0.908. The van der Waals surface area contributed by atoms with Crippen molar-refractivity contribution in [3.05, 3.63) is 64.4 Å². The van der Waals surface area contributed by atoms with Crippen LogP contribution in [0, 0.1) is 5.82 Å². The Kier molecular flexibility index (Phi) is 3.31. The van der Waals surface area contributed by atoms with E-state index in [0.29, 0.717) is 21.8 Å². The number of rotatable bonds is 2. The van der Waals surface area contributed by atoms with Gasteiger partial charge in [0, 0.05) is 16.3 Å². The topological polar surface area (TPSA) is 46.2 Å². The first kappa shape index (κ1) is 11.9. The molecule has 0 radical (unpaired) electrons. The lowest BCUT2D eigenvalue weighted by molar-refractivity contribution is 0.221. The fourth-order valence-corrected chi connectivity index (χ4v) is 1.79. The maximum absolute atomic E-state index is 12.8. The molecule has 2 aromatic rings. The first-order valence-corrected chi connectivity index (χ1v) is 5.44. The zero-order chi connectivity index (χ0) is 12.4. The highest BCUT2D eigenvalue weighted by Gasteiger charge is 2.13. The molecule has 0 spiro atoms. The number of hydrogen-bond acceptors (Lipinski definition) is 2. The van der Waals surface area contributed by atoms with E-state index in [1.165, 1.54) is 24.3 Å². The lowest BCUT2D eigenvalue weighted by Crippen LogP contribution is -2.03. The number of nitrogens with two attached hydrogens (primary N) is 1. The van der Waals surface area contributed by atoms with Gasteiger partial charge in [0.25, 0.3) is 0 Å². The minimum absolute atomic E-state index is 0.347. The molecule has 0 saturated heterocycles. The standard InChI is InChI=1S/C13H11ClFNO/c14-9-3-6-12(16)11(7-9)13(17)8-1-4-10(15)5-2-8/h1-7,13,17H,16H2/t13-/m0/s1. The normalized spacial score (nSPS) is 12.4. The van der Waals surface area contributed by atoms with Crippen molar-refractivity contribution in [3.8, 4) is 0 Å². The molecule has 0 aliphatic rings. The molecule has 17 heavy (non-hydrogen) atoms. The Morgan fingerprint density at radius 2 is 1.76 bits per heavy atom. The molecule has 0 amide bonds. The Labute approximate surface area is 103 Å². The first-order chi connectivity index (χ1) is 8.08. The quantitative estimate of drug-likeness (QED) is 0.806. The number of aliphatic hydroxyl groups excluding tert-OH is 1. The van der Waals surface area contributed by atoms with E-state index < -0.39 is 6.10 Å². The molecule has 0 unspecified atom stereocenters. The molecule has 1 atom stereocenters. The summed E-state index contributed by atoms with van der Waals surface area (Å²) < 4.78 is 12.8. The van der Waals surface area contributed by atoms with Crippen LogP contribution in [-0.4, -0.2) is 5.11 Å². The van der Waals surface area contributed by atoms with Crippen molar-refractivity contribution < 1.29 is 9.50 Å². The lowest BCUT2D eigenvalue weighted by atomic mass is 10.00. The van der Waals surface area contributed by atoms with Gasteiger partial charge in [-0.25, -0.2) is 4.39 Å². The molecular formula is C13H11ClFNO. The second kappa shape index (κ2) is 4.73. The number of halogens is 2. The molecule has 2 nitrogen and oxygen atoms in total. The van der Waals surface area contributed by atoms with Gasteiger partial charge in [-0.15, -0.1) is 0 Å². The van der Waals surface area contributed by atoms with Crippen LogP contribution in [0.4, 0.5) is 10.1 Å². The highest BCUT2D eigenvalue weighted by Crippen LogP contribution is 2.29. The molecule has 0 aliphatic carbocycles. The van der Waals surface area contributed by atoms with Crippen LogP contribution in [0.5, 0.6) is 0 Å². The Morgan fingerprint density at radius 3 is 2.41 bits per heavy atom. The van der Waals surface area contributed by atoms with Crippen molar-refractivity contribution in [2.45, 2.75) is 6.10 Å². The van der Waals surface area contributed by atoms with E-state index in [-0.39, 0.29) is 5.82 Å². The van der Waals surface area contributed by atoms with Crippen molar-refractivity contribution in [1.29, 1.82) is 0 Å². The summed E-state index contributed by atoms with van der Waals surface area (Å²) in [6, 6.07) is 10.5. The van der Waals surface area contributed by atoms with Crippen LogP contribution in [0.15, 0.2) is 42.5 Å². The lowest BCUT2D eigenvalue weighted by Gasteiger charge is -2.14.